The van der Waals surface area contributed by atoms with Gasteiger partial charge >= 0.3 is 6.30 Å². The van der Waals surface area contributed by atoms with Gasteiger partial charge in [-0.2, -0.15) is 0 Å². The van der Waals surface area contributed by atoms with Crippen LogP contribution >= 0.6 is 0 Å². The van der Waals surface area contributed by atoms with Crippen LogP contribution < -0.4 is 5.56 Å². The van der Waals surface area contributed by atoms with Crippen molar-refractivity contribution >= 4 is 0 Å². The topological polar surface area (TPSA) is 22.0 Å². The van der Waals surface area contributed by atoms with Gasteiger partial charge in [0.25, 0.3) is 5.56 Å². The van der Waals surface area contributed by atoms with Gasteiger partial charge in [-0.15, -0.1) is 13.2 Å². The van der Waals surface area contributed by atoms with Crippen molar-refractivity contribution in [3.05, 3.63) is 33.7 Å². The highest BCUT2D eigenvalue weighted by molar-refractivity contribution is 5.27. The highest BCUT2D eigenvalue weighted by Crippen LogP contribution is 2.27. The minimum Gasteiger partial charge on any atom is -0.269 e. The molecule has 0 aliphatic rings. The molecular formula is C13H18F3NO. The summed E-state index contributed by atoms with van der Waals surface area (Å²) in [5.74, 6) is -0.0692. The molecule has 0 amide bonds. The molecule has 0 aliphatic heterocycles. The van der Waals surface area contributed by atoms with E-state index in [9.17, 15) is 18.0 Å². The average molecular weight is 261 g/mol. The number of alkyl halides is 3. The first-order chi connectivity index (χ1) is 7.94. The maximum atomic E-state index is 12.8. The molecule has 0 aliphatic carbocycles. The Morgan fingerprint density at radius 2 is 1.67 bits per heavy atom. The minimum absolute atomic E-state index is 0.0692. The zero-order valence-electron chi connectivity index (χ0n) is 11.2. The normalized spacial score (nSPS) is 13.2. The largest absolute Gasteiger partial charge is 0.491 e. The molecule has 0 bridgehead atoms. The number of rotatable bonds is 1. The molecule has 0 fully saturated rings. The summed E-state index contributed by atoms with van der Waals surface area (Å²) in [7, 11) is 0. The SMILES string of the molecule is CC(C)c1cc(C(C)(C)C)c(=O)n(C(F)(F)F)c1. The van der Waals surface area contributed by atoms with Gasteiger partial charge in [0.2, 0.25) is 0 Å². The lowest BCUT2D eigenvalue weighted by atomic mass is 9.86. The van der Waals surface area contributed by atoms with Gasteiger partial charge in [-0.05, 0) is 23.0 Å². The van der Waals surface area contributed by atoms with Crippen LogP contribution in [0.5, 0.6) is 0 Å². The molecule has 0 saturated heterocycles. The lowest BCUT2D eigenvalue weighted by molar-refractivity contribution is -0.206. The van der Waals surface area contributed by atoms with Crippen molar-refractivity contribution in [2.75, 3.05) is 0 Å². The van der Waals surface area contributed by atoms with Gasteiger partial charge in [0, 0.05) is 11.8 Å². The van der Waals surface area contributed by atoms with E-state index in [0.717, 1.165) is 6.20 Å². The van der Waals surface area contributed by atoms with Crippen LogP contribution in [0.15, 0.2) is 17.1 Å². The van der Waals surface area contributed by atoms with Crippen LogP contribution in [0, 0.1) is 0 Å². The third kappa shape index (κ3) is 2.94. The molecular weight excluding hydrogens is 243 g/mol. The lowest BCUT2D eigenvalue weighted by Gasteiger charge is -2.22. The summed E-state index contributed by atoms with van der Waals surface area (Å²) in [6, 6.07) is 1.58. The standard InChI is InChI=1S/C13H18F3NO/c1-8(2)9-6-10(12(3,4)5)11(18)17(7-9)13(14,15)16/h6-8H,1-5H3. The van der Waals surface area contributed by atoms with E-state index in [0.29, 0.717) is 5.56 Å². The molecule has 1 aromatic heterocycles. The Kier molecular flexibility index (Phi) is 3.65. The Hall–Kier alpha value is -1.26. The Balaban J connectivity index is 3.65. The highest BCUT2D eigenvalue weighted by atomic mass is 19.4. The maximum Gasteiger partial charge on any atom is 0.491 e. The number of halogens is 3. The van der Waals surface area contributed by atoms with Crippen LogP contribution in [-0.2, 0) is 11.7 Å². The molecule has 102 valence electrons. The molecule has 1 heterocycles. The summed E-state index contributed by atoms with van der Waals surface area (Å²) < 4.78 is 38.3. The summed E-state index contributed by atoms with van der Waals surface area (Å²) in [6.45, 7) is 8.79. The van der Waals surface area contributed by atoms with E-state index < -0.39 is 17.3 Å². The Morgan fingerprint density at radius 1 is 1.17 bits per heavy atom. The predicted molar refractivity (Wildman–Crippen MR) is 64.8 cm³/mol. The zero-order chi connectivity index (χ0) is 14.3. The summed E-state index contributed by atoms with van der Waals surface area (Å²) in [4.78, 5) is 11.9. The first-order valence-electron chi connectivity index (χ1n) is 5.79. The Labute approximate surface area is 104 Å². The number of nitrogens with zero attached hydrogens (tertiary/aromatic N) is 1. The van der Waals surface area contributed by atoms with Crippen LogP contribution in [-0.4, -0.2) is 4.57 Å². The summed E-state index contributed by atoms with van der Waals surface area (Å²) in [6.07, 6.45) is -3.79. The molecule has 5 heteroatoms. The monoisotopic (exact) mass is 261 g/mol. The van der Waals surface area contributed by atoms with E-state index >= 15 is 0 Å². The molecule has 1 aromatic rings. The molecule has 2 nitrogen and oxygen atoms in total. The summed E-state index contributed by atoms with van der Waals surface area (Å²) in [5.41, 5.74) is -0.906. The molecule has 0 radical (unpaired) electrons. The van der Waals surface area contributed by atoms with Crippen molar-refractivity contribution in [3.63, 3.8) is 0 Å². The third-order valence-electron chi connectivity index (χ3n) is 2.79. The molecule has 1 rings (SSSR count). The second-order valence-corrected chi connectivity index (χ2v) is 5.73. The van der Waals surface area contributed by atoms with Crippen molar-refractivity contribution in [1.29, 1.82) is 0 Å². The van der Waals surface area contributed by atoms with E-state index in [4.69, 9.17) is 0 Å². The van der Waals surface area contributed by atoms with E-state index in [-0.39, 0.29) is 16.0 Å². The van der Waals surface area contributed by atoms with Crippen LogP contribution in [0.3, 0.4) is 0 Å². The summed E-state index contributed by atoms with van der Waals surface area (Å²) in [5, 5.41) is 0. The molecule has 0 unspecified atom stereocenters. The first-order valence-corrected chi connectivity index (χ1v) is 5.79. The molecule has 0 aromatic carbocycles. The van der Waals surface area contributed by atoms with E-state index in [2.05, 4.69) is 0 Å². The van der Waals surface area contributed by atoms with Gasteiger partial charge in [-0.1, -0.05) is 34.6 Å². The fourth-order valence-corrected chi connectivity index (χ4v) is 1.64. The van der Waals surface area contributed by atoms with E-state index in [1.54, 1.807) is 40.7 Å². The van der Waals surface area contributed by atoms with Gasteiger partial charge in [0.15, 0.2) is 0 Å². The predicted octanol–water partition coefficient (Wildman–Crippen LogP) is 3.75. The fraction of sp³-hybridized carbons (Fsp3) is 0.615. The quantitative estimate of drug-likeness (QED) is 0.754. The van der Waals surface area contributed by atoms with Crippen LogP contribution in [0.25, 0.3) is 0 Å². The maximum absolute atomic E-state index is 12.8. The van der Waals surface area contributed by atoms with Crippen molar-refractivity contribution in [2.24, 2.45) is 0 Å². The molecule has 18 heavy (non-hydrogen) atoms. The first kappa shape index (κ1) is 14.8. The smallest absolute Gasteiger partial charge is 0.269 e. The molecule has 0 spiro atoms. The fourth-order valence-electron chi connectivity index (χ4n) is 1.64. The third-order valence-corrected chi connectivity index (χ3v) is 2.79. The molecule has 0 atom stereocenters. The van der Waals surface area contributed by atoms with E-state index in [1.807, 2.05) is 0 Å². The Bertz CT molecular complexity index is 454. The number of pyridine rings is 1. The summed E-state index contributed by atoms with van der Waals surface area (Å²) >= 11 is 0. The van der Waals surface area contributed by atoms with Crippen LogP contribution in [0.4, 0.5) is 13.2 Å². The van der Waals surface area contributed by atoms with Crippen molar-refractivity contribution < 1.29 is 13.2 Å². The van der Waals surface area contributed by atoms with E-state index in [1.165, 1.54) is 0 Å². The van der Waals surface area contributed by atoms with Crippen molar-refractivity contribution in [2.45, 2.75) is 52.3 Å². The number of hydrogen-bond acceptors (Lipinski definition) is 1. The zero-order valence-corrected chi connectivity index (χ0v) is 11.2. The van der Waals surface area contributed by atoms with Gasteiger partial charge in [-0.3, -0.25) is 4.79 Å². The van der Waals surface area contributed by atoms with Gasteiger partial charge in [0.1, 0.15) is 0 Å². The molecule has 0 saturated carbocycles. The lowest BCUT2D eigenvalue weighted by Crippen LogP contribution is -2.36. The van der Waals surface area contributed by atoms with Crippen LogP contribution in [0.1, 0.15) is 51.7 Å². The van der Waals surface area contributed by atoms with Gasteiger partial charge in [-0.25, -0.2) is 4.57 Å². The van der Waals surface area contributed by atoms with Gasteiger partial charge < -0.3 is 0 Å². The minimum atomic E-state index is -4.68. The second kappa shape index (κ2) is 4.44. The van der Waals surface area contributed by atoms with Crippen molar-refractivity contribution in [1.82, 2.24) is 4.57 Å². The molecule has 0 N–H and O–H groups in total. The number of aromatic nitrogens is 1. The van der Waals surface area contributed by atoms with Crippen molar-refractivity contribution in [3.8, 4) is 0 Å². The second-order valence-electron chi connectivity index (χ2n) is 5.73. The Morgan fingerprint density at radius 3 is 2.00 bits per heavy atom. The van der Waals surface area contributed by atoms with Gasteiger partial charge in [0.05, 0.1) is 0 Å². The average Bonchev–Trinajstić information content (AvgIpc) is 2.13. The van der Waals surface area contributed by atoms with Crippen LogP contribution in [0.2, 0.25) is 0 Å². The number of hydrogen-bond donors (Lipinski definition) is 0. The highest BCUT2D eigenvalue weighted by Gasteiger charge is 2.34.